The van der Waals surface area contributed by atoms with Gasteiger partial charge in [-0.25, -0.2) is 17.9 Å². The van der Waals surface area contributed by atoms with Gasteiger partial charge in [0.25, 0.3) is 0 Å². The molecule has 180 valence electrons. The molecule has 3 rings (SSSR count). The van der Waals surface area contributed by atoms with E-state index in [1.54, 1.807) is 0 Å². The maximum atomic E-state index is 12.4. The zero-order valence-corrected chi connectivity index (χ0v) is 18.7. The molecule has 32 heavy (non-hydrogen) atoms. The van der Waals surface area contributed by atoms with Crippen LogP contribution < -0.4 is 4.72 Å². The number of nitrogens with zero attached hydrogens (tertiary/aromatic N) is 1. The summed E-state index contributed by atoms with van der Waals surface area (Å²) < 4.78 is 73.6. The first-order valence-corrected chi connectivity index (χ1v) is 12.5. The van der Waals surface area contributed by atoms with E-state index in [0.717, 1.165) is 36.8 Å². The molecule has 1 aromatic carbocycles. The number of carbonyl (C=O) groups excluding carboxylic acids is 1. The van der Waals surface area contributed by atoms with Gasteiger partial charge in [-0.05, 0) is 43.6 Å². The minimum absolute atomic E-state index is 0.0228. The fourth-order valence-corrected chi connectivity index (χ4v) is 5.27. The van der Waals surface area contributed by atoms with E-state index in [4.69, 9.17) is 4.74 Å². The van der Waals surface area contributed by atoms with Crippen LogP contribution in [0.25, 0.3) is 0 Å². The van der Waals surface area contributed by atoms with Gasteiger partial charge < -0.3 is 14.4 Å². The number of halogens is 3. The van der Waals surface area contributed by atoms with Gasteiger partial charge in [0.1, 0.15) is 0 Å². The van der Waals surface area contributed by atoms with Crippen LogP contribution in [0.4, 0.5) is 18.0 Å². The standard InChI is InChI=1S/C21H29F3N2O5S/c1-32(28,29)25-18-11-12-26(20(27)31-14-21(22,23)24)19(18)13-30-17-9-7-16(8-10-17)15-5-3-2-4-6-15/h2-6,16-19,25H,7-14H2,1H3/t16?,17?,18-,19?/m0/s1. The number of alkyl halides is 3. The number of ether oxygens (including phenoxy) is 2. The lowest BCUT2D eigenvalue weighted by Gasteiger charge is -2.32. The van der Waals surface area contributed by atoms with Crippen LogP contribution in [-0.4, -0.2) is 69.8 Å². The Hall–Kier alpha value is -1.85. The number of hydrogen-bond donors (Lipinski definition) is 1. The zero-order valence-electron chi connectivity index (χ0n) is 17.9. The Labute approximate surface area is 186 Å². The maximum absolute atomic E-state index is 12.4. The van der Waals surface area contributed by atoms with Crippen molar-refractivity contribution in [1.29, 1.82) is 0 Å². The molecule has 2 aliphatic rings. The molecule has 0 bridgehead atoms. The quantitative estimate of drug-likeness (QED) is 0.649. The second-order valence-electron chi connectivity index (χ2n) is 8.43. The van der Waals surface area contributed by atoms with E-state index in [9.17, 15) is 26.4 Å². The van der Waals surface area contributed by atoms with Gasteiger partial charge in [-0.2, -0.15) is 13.2 Å². The number of rotatable bonds is 7. The molecule has 0 aromatic heterocycles. The minimum atomic E-state index is -4.64. The van der Waals surface area contributed by atoms with Crippen LogP contribution in [-0.2, 0) is 19.5 Å². The van der Waals surface area contributed by atoms with Crippen molar-refractivity contribution in [3.63, 3.8) is 0 Å². The van der Waals surface area contributed by atoms with Gasteiger partial charge in [0.15, 0.2) is 6.61 Å². The number of nitrogens with one attached hydrogen (secondary N) is 1. The predicted octanol–water partition coefficient (Wildman–Crippen LogP) is 3.42. The van der Waals surface area contributed by atoms with Gasteiger partial charge in [0.2, 0.25) is 10.0 Å². The summed E-state index contributed by atoms with van der Waals surface area (Å²) in [7, 11) is -3.57. The summed E-state index contributed by atoms with van der Waals surface area (Å²) in [5.74, 6) is 0.455. The second-order valence-corrected chi connectivity index (χ2v) is 10.2. The highest BCUT2D eigenvalue weighted by Crippen LogP contribution is 2.34. The highest BCUT2D eigenvalue weighted by atomic mass is 32.2. The van der Waals surface area contributed by atoms with Crippen molar-refractivity contribution >= 4 is 16.1 Å². The zero-order chi connectivity index (χ0) is 23.4. The molecular weight excluding hydrogens is 449 g/mol. The Bertz CT molecular complexity index is 858. The summed E-state index contributed by atoms with van der Waals surface area (Å²) in [6.07, 6.45) is -1.02. The van der Waals surface area contributed by atoms with E-state index in [-0.39, 0.29) is 25.7 Å². The minimum Gasteiger partial charge on any atom is -0.440 e. The van der Waals surface area contributed by atoms with Crippen LogP contribution in [0.5, 0.6) is 0 Å². The van der Waals surface area contributed by atoms with Crippen molar-refractivity contribution in [2.24, 2.45) is 0 Å². The SMILES string of the molecule is CS(=O)(=O)N[C@H]1CCN(C(=O)OCC(F)(F)F)C1COC1CCC(c2ccccc2)CC1. The largest absolute Gasteiger partial charge is 0.440 e. The Balaban J connectivity index is 1.57. The number of sulfonamides is 1. The smallest absolute Gasteiger partial charge is 0.422 e. The summed E-state index contributed by atoms with van der Waals surface area (Å²) in [6.45, 7) is -1.59. The van der Waals surface area contributed by atoms with E-state index < -0.39 is 41.0 Å². The van der Waals surface area contributed by atoms with E-state index in [2.05, 4.69) is 21.6 Å². The highest BCUT2D eigenvalue weighted by molar-refractivity contribution is 7.88. The van der Waals surface area contributed by atoms with E-state index in [1.165, 1.54) is 5.56 Å². The van der Waals surface area contributed by atoms with Gasteiger partial charge in [0.05, 0.1) is 25.0 Å². The third kappa shape index (κ3) is 7.35. The molecule has 1 unspecified atom stereocenters. The van der Waals surface area contributed by atoms with Crippen LogP contribution in [0, 0.1) is 0 Å². The van der Waals surface area contributed by atoms with Crippen molar-refractivity contribution < 1.29 is 35.9 Å². The van der Waals surface area contributed by atoms with Crippen molar-refractivity contribution in [3.05, 3.63) is 35.9 Å². The van der Waals surface area contributed by atoms with Gasteiger partial charge in [-0.15, -0.1) is 0 Å². The second kappa shape index (κ2) is 10.4. The third-order valence-electron chi connectivity index (χ3n) is 5.95. The molecule has 1 amide bonds. The average Bonchev–Trinajstić information content (AvgIpc) is 3.11. The molecule has 1 N–H and O–H groups in total. The average molecular weight is 479 g/mol. The first-order valence-electron chi connectivity index (χ1n) is 10.7. The summed E-state index contributed by atoms with van der Waals surface area (Å²) in [5.41, 5.74) is 1.29. The van der Waals surface area contributed by atoms with E-state index in [1.807, 2.05) is 18.2 Å². The van der Waals surface area contributed by atoms with E-state index in [0.29, 0.717) is 5.92 Å². The Kier molecular flexibility index (Phi) is 8.05. The lowest BCUT2D eigenvalue weighted by Crippen LogP contribution is -2.50. The molecule has 7 nitrogen and oxygen atoms in total. The monoisotopic (exact) mass is 478 g/mol. The van der Waals surface area contributed by atoms with Crippen molar-refractivity contribution in [2.75, 3.05) is 26.0 Å². The summed E-state index contributed by atoms with van der Waals surface area (Å²) in [4.78, 5) is 13.4. The third-order valence-corrected chi connectivity index (χ3v) is 6.68. The first kappa shape index (κ1) is 24.8. The Morgan fingerprint density at radius 1 is 1.12 bits per heavy atom. The van der Waals surface area contributed by atoms with Crippen molar-refractivity contribution in [1.82, 2.24) is 9.62 Å². The number of hydrogen-bond acceptors (Lipinski definition) is 5. The molecule has 1 saturated heterocycles. The van der Waals surface area contributed by atoms with E-state index >= 15 is 0 Å². The molecule has 1 aliphatic carbocycles. The normalized spacial score (nSPS) is 26.8. The van der Waals surface area contributed by atoms with Gasteiger partial charge >= 0.3 is 12.3 Å². The number of benzene rings is 1. The van der Waals surface area contributed by atoms with Crippen molar-refractivity contribution in [2.45, 2.75) is 62.4 Å². The van der Waals surface area contributed by atoms with Gasteiger partial charge in [-0.3, -0.25) is 0 Å². The topological polar surface area (TPSA) is 84.9 Å². The van der Waals surface area contributed by atoms with Crippen LogP contribution in [0.3, 0.4) is 0 Å². The molecule has 0 radical (unpaired) electrons. The molecule has 11 heteroatoms. The maximum Gasteiger partial charge on any atom is 0.422 e. The predicted molar refractivity (Wildman–Crippen MR) is 112 cm³/mol. The number of carbonyl (C=O) groups is 1. The lowest BCUT2D eigenvalue weighted by molar-refractivity contribution is -0.162. The first-order chi connectivity index (χ1) is 15.0. The molecule has 1 saturated carbocycles. The molecular formula is C21H29F3N2O5S. The van der Waals surface area contributed by atoms with Gasteiger partial charge in [0, 0.05) is 12.6 Å². The summed E-state index contributed by atoms with van der Waals surface area (Å²) >= 11 is 0. The molecule has 2 fully saturated rings. The van der Waals surface area contributed by atoms with Crippen LogP contribution in [0.15, 0.2) is 30.3 Å². The summed E-state index contributed by atoms with van der Waals surface area (Å²) in [6, 6.07) is 8.83. The van der Waals surface area contributed by atoms with Crippen LogP contribution in [0.1, 0.15) is 43.6 Å². The van der Waals surface area contributed by atoms with Gasteiger partial charge in [-0.1, -0.05) is 30.3 Å². The lowest BCUT2D eigenvalue weighted by atomic mass is 9.83. The fourth-order valence-electron chi connectivity index (χ4n) is 4.45. The Morgan fingerprint density at radius 2 is 1.78 bits per heavy atom. The molecule has 1 heterocycles. The number of amides is 1. The Morgan fingerprint density at radius 3 is 2.38 bits per heavy atom. The molecule has 1 aromatic rings. The molecule has 2 atom stereocenters. The molecule has 1 aliphatic heterocycles. The fraction of sp³-hybridized carbons (Fsp3) is 0.667. The van der Waals surface area contributed by atoms with Crippen LogP contribution >= 0.6 is 0 Å². The van der Waals surface area contributed by atoms with Crippen LogP contribution in [0.2, 0.25) is 0 Å². The molecule has 0 spiro atoms. The van der Waals surface area contributed by atoms with Crippen molar-refractivity contribution in [3.8, 4) is 0 Å². The highest BCUT2D eigenvalue weighted by Gasteiger charge is 2.41. The number of likely N-dealkylation sites (tertiary alicyclic amines) is 1. The summed E-state index contributed by atoms with van der Waals surface area (Å²) in [5, 5.41) is 0.